The molecule has 1 aliphatic rings. The molecular formula is C20H19ClN2O2S. The lowest BCUT2D eigenvalue weighted by atomic mass is 10.2. The van der Waals surface area contributed by atoms with Gasteiger partial charge in [-0.05, 0) is 73.6 Å². The van der Waals surface area contributed by atoms with E-state index in [9.17, 15) is 4.79 Å². The van der Waals surface area contributed by atoms with Gasteiger partial charge in [-0.15, -0.1) is 0 Å². The van der Waals surface area contributed by atoms with Gasteiger partial charge in [0.05, 0.1) is 16.7 Å². The molecule has 0 radical (unpaired) electrons. The number of hydrogen-bond acceptors (Lipinski definition) is 4. The van der Waals surface area contributed by atoms with Gasteiger partial charge in [0.25, 0.3) is 5.91 Å². The third kappa shape index (κ3) is 4.48. The second-order valence-corrected chi connectivity index (χ2v) is 7.53. The second kappa shape index (κ2) is 7.98. The molecule has 0 aliphatic carbocycles. The normalized spacial score (nSPS) is 17.6. The quantitative estimate of drug-likeness (QED) is 0.664. The third-order valence-electron chi connectivity index (χ3n) is 3.58. The molecule has 6 heteroatoms. The lowest BCUT2D eigenvalue weighted by Gasteiger charge is -2.09. The summed E-state index contributed by atoms with van der Waals surface area (Å²) in [4.78, 5) is 19.3. The van der Waals surface area contributed by atoms with Crippen LogP contribution >= 0.6 is 23.4 Å². The van der Waals surface area contributed by atoms with E-state index in [1.165, 1.54) is 11.8 Å². The van der Waals surface area contributed by atoms with Crippen LogP contribution in [0.2, 0.25) is 5.02 Å². The van der Waals surface area contributed by atoms with Crippen LogP contribution in [0, 0.1) is 0 Å². The Hall–Kier alpha value is -2.24. The van der Waals surface area contributed by atoms with Gasteiger partial charge in [-0.2, -0.15) is 0 Å². The van der Waals surface area contributed by atoms with Crippen molar-refractivity contribution in [2.75, 3.05) is 7.05 Å². The smallest absolute Gasteiger partial charge is 0.266 e. The first-order valence-electron chi connectivity index (χ1n) is 8.21. The summed E-state index contributed by atoms with van der Waals surface area (Å²) in [6.45, 7) is 3.96. The van der Waals surface area contributed by atoms with Crippen LogP contribution < -0.4 is 4.74 Å². The Bertz CT molecular complexity index is 876. The van der Waals surface area contributed by atoms with Crippen LogP contribution in [0.15, 0.2) is 58.4 Å². The fourth-order valence-electron chi connectivity index (χ4n) is 2.38. The van der Waals surface area contributed by atoms with E-state index in [0.29, 0.717) is 15.1 Å². The van der Waals surface area contributed by atoms with Crippen molar-refractivity contribution in [1.29, 1.82) is 0 Å². The van der Waals surface area contributed by atoms with E-state index in [0.717, 1.165) is 17.0 Å². The Morgan fingerprint density at radius 1 is 1.19 bits per heavy atom. The molecule has 2 aromatic carbocycles. The fourth-order valence-corrected chi connectivity index (χ4v) is 3.49. The van der Waals surface area contributed by atoms with Crippen molar-refractivity contribution in [1.82, 2.24) is 4.90 Å². The number of likely N-dealkylation sites (N-methyl/N-ethyl adjacent to an activating group) is 1. The Kier molecular flexibility index (Phi) is 5.69. The largest absolute Gasteiger partial charge is 0.491 e. The van der Waals surface area contributed by atoms with E-state index < -0.39 is 0 Å². The van der Waals surface area contributed by atoms with Gasteiger partial charge in [0.15, 0.2) is 5.17 Å². The number of ether oxygens (including phenoxy) is 1. The molecule has 0 saturated carbocycles. The lowest BCUT2D eigenvalue weighted by molar-refractivity contribution is -0.121. The van der Waals surface area contributed by atoms with E-state index in [2.05, 4.69) is 4.99 Å². The first-order valence-corrected chi connectivity index (χ1v) is 9.40. The zero-order valence-electron chi connectivity index (χ0n) is 14.8. The van der Waals surface area contributed by atoms with Crippen LogP contribution in [0.4, 0.5) is 5.69 Å². The molecule has 0 aromatic heterocycles. The molecule has 26 heavy (non-hydrogen) atoms. The van der Waals surface area contributed by atoms with Crippen LogP contribution in [0.5, 0.6) is 5.75 Å². The van der Waals surface area contributed by atoms with Gasteiger partial charge >= 0.3 is 0 Å². The Labute approximate surface area is 162 Å². The fraction of sp³-hybridized carbons (Fsp3) is 0.200. The maximum absolute atomic E-state index is 12.5. The van der Waals surface area contributed by atoms with Crippen LogP contribution in [0.25, 0.3) is 6.08 Å². The van der Waals surface area contributed by atoms with Crippen molar-refractivity contribution in [3.8, 4) is 5.75 Å². The predicted molar refractivity (Wildman–Crippen MR) is 109 cm³/mol. The maximum atomic E-state index is 12.5. The number of amidine groups is 1. The summed E-state index contributed by atoms with van der Waals surface area (Å²) in [6.07, 6.45) is 1.96. The highest BCUT2D eigenvalue weighted by Crippen LogP contribution is 2.33. The van der Waals surface area contributed by atoms with Crippen LogP contribution in [0.1, 0.15) is 19.4 Å². The molecule has 2 aromatic rings. The average molecular weight is 387 g/mol. The predicted octanol–water partition coefficient (Wildman–Crippen LogP) is 5.36. The van der Waals surface area contributed by atoms with Crippen molar-refractivity contribution in [3.63, 3.8) is 0 Å². The van der Waals surface area contributed by atoms with Crippen molar-refractivity contribution in [3.05, 3.63) is 64.0 Å². The summed E-state index contributed by atoms with van der Waals surface area (Å²) in [5.41, 5.74) is 1.67. The van der Waals surface area contributed by atoms with Gasteiger partial charge in [-0.1, -0.05) is 23.7 Å². The molecule has 0 spiro atoms. The molecule has 0 unspecified atom stereocenters. The Morgan fingerprint density at radius 2 is 1.92 bits per heavy atom. The number of benzene rings is 2. The SMILES string of the molecule is CC(C)Oc1cccc(/C=C2/SC(=Nc3ccc(Cl)cc3)N(C)C2=O)c1. The minimum atomic E-state index is -0.0714. The third-order valence-corrected chi connectivity index (χ3v) is 4.89. The number of thioether (sulfide) groups is 1. The van der Waals surface area contributed by atoms with Crippen LogP contribution in [-0.2, 0) is 4.79 Å². The summed E-state index contributed by atoms with van der Waals surface area (Å²) < 4.78 is 5.71. The molecule has 0 bridgehead atoms. The van der Waals surface area contributed by atoms with Gasteiger partial charge in [0.1, 0.15) is 5.75 Å². The minimum Gasteiger partial charge on any atom is -0.491 e. The number of carbonyl (C=O) groups excluding carboxylic acids is 1. The van der Waals surface area contributed by atoms with Crippen molar-refractivity contribution < 1.29 is 9.53 Å². The number of amides is 1. The van der Waals surface area contributed by atoms with Gasteiger partial charge < -0.3 is 4.74 Å². The number of hydrogen-bond donors (Lipinski definition) is 0. The summed E-state index contributed by atoms with van der Waals surface area (Å²) in [5, 5.41) is 1.29. The van der Waals surface area contributed by atoms with Crippen LogP contribution in [-0.4, -0.2) is 29.1 Å². The van der Waals surface area contributed by atoms with E-state index in [1.807, 2.05) is 56.3 Å². The van der Waals surface area contributed by atoms with E-state index >= 15 is 0 Å². The molecule has 1 amide bonds. The molecule has 0 atom stereocenters. The highest BCUT2D eigenvalue weighted by Gasteiger charge is 2.30. The van der Waals surface area contributed by atoms with E-state index in [1.54, 1.807) is 24.1 Å². The number of nitrogens with zero attached hydrogens (tertiary/aromatic N) is 2. The summed E-state index contributed by atoms with van der Waals surface area (Å²) in [6, 6.07) is 14.9. The Morgan fingerprint density at radius 3 is 2.62 bits per heavy atom. The molecule has 1 saturated heterocycles. The van der Waals surface area contributed by atoms with Crippen LogP contribution in [0.3, 0.4) is 0 Å². The number of halogens is 1. The molecule has 0 N–H and O–H groups in total. The maximum Gasteiger partial charge on any atom is 0.266 e. The minimum absolute atomic E-state index is 0.0714. The summed E-state index contributed by atoms with van der Waals surface area (Å²) >= 11 is 7.25. The highest BCUT2D eigenvalue weighted by atomic mass is 35.5. The first-order chi connectivity index (χ1) is 12.4. The van der Waals surface area contributed by atoms with Gasteiger partial charge in [0, 0.05) is 12.1 Å². The molecule has 3 rings (SSSR count). The zero-order chi connectivity index (χ0) is 18.7. The highest BCUT2D eigenvalue weighted by molar-refractivity contribution is 8.18. The summed E-state index contributed by atoms with van der Waals surface area (Å²) in [5.74, 6) is 0.714. The average Bonchev–Trinajstić information content (AvgIpc) is 2.85. The Balaban J connectivity index is 1.84. The molecule has 1 heterocycles. The number of aliphatic imine (C=N–C) groups is 1. The van der Waals surface area contributed by atoms with Crippen molar-refractivity contribution >= 4 is 46.2 Å². The van der Waals surface area contributed by atoms with Gasteiger partial charge in [-0.3, -0.25) is 9.69 Å². The lowest BCUT2D eigenvalue weighted by Crippen LogP contribution is -2.23. The van der Waals surface area contributed by atoms with Gasteiger partial charge in [-0.25, -0.2) is 4.99 Å². The monoisotopic (exact) mass is 386 g/mol. The molecule has 4 nitrogen and oxygen atoms in total. The molecule has 1 fully saturated rings. The van der Waals surface area contributed by atoms with Crippen molar-refractivity contribution in [2.45, 2.75) is 20.0 Å². The zero-order valence-corrected chi connectivity index (χ0v) is 16.3. The summed E-state index contributed by atoms with van der Waals surface area (Å²) in [7, 11) is 1.73. The standard InChI is InChI=1S/C20H19ClN2O2S/c1-13(2)25-17-6-4-5-14(11-17)12-18-19(24)23(3)20(26-18)22-16-9-7-15(21)8-10-16/h4-13H,1-3H3/b18-12+,22-20?. The first kappa shape index (κ1) is 18.5. The number of rotatable bonds is 4. The van der Waals surface area contributed by atoms with E-state index in [4.69, 9.17) is 16.3 Å². The van der Waals surface area contributed by atoms with E-state index in [-0.39, 0.29) is 12.0 Å². The van der Waals surface area contributed by atoms with Crippen molar-refractivity contribution in [2.24, 2.45) is 4.99 Å². The molecular weight excluding hydrogens is 368 g/mol. The second-order valence-electron chi connectivity index (χ2n) is 6.08. The topological polar surface area (TPSA) is 41.9 Å². The number of carbonyl (C=O) groups is 1. The van der Waals surface area contributed by atoms with Gasteiger partial charge in [0.2, 0.25) is 0 Å². The molecule has 1 aliphatic heterocycles. The molecule has 134 valence electrons.